The summed E-state index contributed by atoms with van der Waals surface area (Å²) in [6.45, 7) is 2.03. The topological polar surface area (TPSA) is 9.23 Å². The Bertz CT molecular complexity index is 247. The van der Waals surface area contributed by atoms with Crippen molar-refractivity contribution in [1.82, 2.24) is 0 Å². The molecule has 1 rings (SSSR count). The summed E-state index contributed by atoms with van der Waals surface area (Å²) < 4.78 is 7.40. The highest BCUT2D eigenvalue weighted by Crippen LogP contribution is 2.37. The van der Waals surface area contributed by atoms with Gasteiger partial charge in [-0.05, 0) is 38.8 Å². The van der Waals surface area contributed by atoms with Gasteiger partial charge in [0, 0.05) is 26.3 Å². The second-order valence-electron chi connectivity index (χ2n) is 2.14. The Morgan fingerprint density at radius 2 is 2.18 bits per heavy atom. The van der Waals surface area contributed by atoms with E-state index in [1.165, 1.54) is 4.88 Å². The zero-order chi connectivity index (χ0) is 8.43. The van der Waals surface area contributed by atoms with Crippen LogP contribution >= 0.6 is 43.2 Å². The van der Waals surface area contributed by atoms with Crippen molar-refractivity contribution in [3.8, 4) is 0 Å². The highest BCUT2D eigenvalue weighted by atomic mass is 79.9. The van der Waals surface area contributed by atoms with E-state index in [9.17, 15) is 0 Å². The molecule has 1 nitrogen and oxygen atoms in total. The van der Waals surface area contributed by atoms with Crippen LogP contribution in [0.25, 0.3) is 0 Å². The Hall–Kier alpha value is 0.620. The number of halogens is 2. The fraction of sp³-hybridized carbons (Fsp3) is 0.429. The molecule has 0 aliphatic rings. The average Bonchev–Trinajstić information content (AvgIpc) is 2.32. The van der Waals surface area contributed by atoms with Crippen LogP contribution in [0.15, 0.2) is 14.3 Å². The first-order valence-electron chi connectivity index (χ1n) is 3.12. The van der Waals surface area contributed by atoms with Gasteiger partial charge in [-0.15, -0.1) is 11.3 Å². The van der Waals surface area contributed by atoms with Crippen molar-refractivity contribution in [2.75, 3.05) is 7.11 Å². The molecule has 62 valence electrons. The third kappa shape index (κ3) is 2.05. The largest absolute Gasteiger partial charge is 0.376 e. The molecule has 0 saturated heterocycles. The molecule has 0 spiro atoms. The van der Waals surface area contributed by atoms with Gasteiger partial charge in [0.2, 0.25) is 0 Å². The molecule has 0 unspecified atom stereocenters. The lowest BCUT2D eigenvalue weighted by Crippen LogP contribution is -1.92. The highest BCUT2D eigenvalue weighted by Gasteiger charge is 2.12. The molecule has 0 bridgehead atoms. The van der Waals surface area contributed by atoms with Crippen LogP contribution in [0.1, 0.15) is 17.9 Å². The lowest BCUT2D eigenvalue weighted by molar-refractivity contribution is 0.122. The summed E-state index contributed by atoms with van der Waals surface area (Å²) in [5.41, 5.74) is 0. The van der Waals surface area contributed by atoms with E-state index in [1.54, 1.807) is 18.4 Å². The van der Waals surface area contributed by atoms with Crippen LogP contribution < -0.4 is 0 Å². The summed E-state index contributed by atoms with van der Waals surface area (Å²) in [6, 6.07) is 0. The minimum Gasteiger partial charge on any atom is -0.376 e. The Morgan fingerprint density at radius 3 is 2.55 bits per heavy atom. The molecule has 0 aromatic carbocycles. The fourth-order valence-electron chi connectivity index (χ4n) is 0.718. The van der Waals surface area contributed by atoms with E-state index in [0.717, 1.165) is 8.95 Å². The summed E-state index contributed by atoms with van der Waals surface area (Å²) in [7, 11) is 1.71. The number of hydrogen-bond acceptors (Lipinski definition) is 2. The van der Waals surface area contributed by atoms with Gasteiger partial charge >= 0.3 is 0 Å². The van der Waals surface area contributed by atoms with Crippen molar-refractivity contribution in [2.45, 2.75) is 13.0 Å². The molecule has 0 saturated carbocycles. The van der Waals surface area contributed by atoms with Crippen LogP contribution in [0.2, 0.25) is 0 Å². The molecule has 4 heteroatoms. The van der Waals surface area contributed by atoms with Crippen molar-refractivity contribution < 1.29 is 4.74 Å². The maximum atomic E-state index is 5.19. The van der Waals surface area contributed by atoms with Crippen molar-refractivity contribution in [3.63, 3.8) is 0 Å². The quantitative estimate of drug-likeness (QED) is 0.802. The first-order valence-corrected chi connectivity index (χ1v) is 5.58. The summed E-state index contributed by atoms with van der Waals surface area (Å²) in [6.07, 6.45) is 0.167. The summed E-state index contributed by atoms with van der Waals surface area (Å²) in [4.78, 5) is 1.22. The molecule has 0 N–H and O–H groups in total. The molecular weight excluding hydrogens is 292 g/mol. The number of ether oxygens (including phenoxy) is 1. The molecule has 1 aromatic heterocycles. The lowest BCUT2D eigenvalue weighted by atomic mass is 10.3. The Morgan fingerprint density at radius 1 is 1.55 bits per heavy atom. The first kappa shape index (κ1) is 9.71. The van der Waals surface area contributed by atoms with E-state index in [1.807, 2.05) is 6.92 Å². The molecule has 0 amide bonds. The minimum atomic E-state index is 0.167. The smallest absolute Gasteiger partial charge is 0.0896 e. The zero-order valence-corrected chi connectivity index (χ0v) is 10.2. The molecule has 1 heterocycles. The van der Waals surface area contributed by atoms with E-state index < -0.39 is 0 Å². The SMILES string of the molecule is CO[C@H](C)c1scc(Br)c1Br. The van der Waals surface area contributed by atoms with Crippen molar-refractivity contribution in [2.24, 2.45) is 0 Å². The maximum absolute atomic E-state index is 5.19. The Balaban J connectivity index is 2.94. The van der Waals surface area contributed by atoms with Crippen LogP contribution in [0, 0.1) is 0 Å². The van der Waals surface area contributed by atoms with Gasteiger partial charge in [0.1, 0.15) is 0 Å². The lowest BCUT2D eigenvalue weighted by Gasteiger charge is -2.06. The third-order valence-electron chi connectivity index (χ3n) is 1.44. The van der Waals surface area contributed by atoms with Crippen LogP contribution in [0.3, 0.4) is 0 Å². The minimum absolute atomic E-state index is 0.167. The third-order valence-corrected chi connectivity index (χ3v) is 5.16. The van der Waals surface area contributed by atoms with Crippen LogP contribution in [-0.2, 0) is 4.74 Å². The van der Waals surface area contributed by atoms with Gasteiger partial charge in [0.15, 0.2) is 0 Å². The molecule has 0 aliphatic heterocycles. The monoisotopic (exact) mass is 298 g/mol. The van der Waals surface area contributed by atoms with Crippen molar-refractivity contribution in [3.05, 3.63) is 19.2 Å². The van der Waals surface area contributed by atoms with Gasteiger partial charge in [-0.3, -0.25) is 0 Å². The van der Waals surface area contributed by atoms with Crippen LogP contribution in [0.4, 0.5) is 0 Å². The zero-order valence-electron chi connectivity index (χ0n) is 6.23. The normalized spacial score (nSPS) is 13.5. The predicted octanol–water partition coefficient (Wildman–Crippen LogP) is 3.98. The van der Waals surface area contributed by atoms with Crippen LogP contribution in [-0.4, -0.2) is 7.11 Å². The van der Waals surface area contributed by atoms with E-state index in [2.05, 4.69) is 37.2 Å². The Labute approximate surface area is 87.0 Å². The molecule has 11 heavy (non-hydrogen) atoms. The number of thiophene rings is 1. The number of methoxy groups -OCH3 is 1. The molecule has 1 atom stereocenters. The maximum Gasteiger partial charge on any atom is 0.0896 e. The number of rotatable bonds is 2. The molecular formula is C7H8Br2OS. The van der Waals surface area contributed by atoms with Gasteiger partial charge < -0.3 is 4.74 Å². The number of hydrogen-bond donors (Lipinski definition) is 0. The second kappa shape index (κ2) is 4.03. The highest BCUT2D eigenvalue weighted by molar-refractivity contribution is 9.13. The molecule has 0 radical (unpaired) electrons. The first-order chi connectivity index (χ1) is 5.16. The summed E-state index contributed by atoms with van der Waals surface area (Å²) in [5, 5.41) is 2.05. The van der Waals surface area contributed by atoms with Crippen molar-refractivity contribution >= 4 is 43.2 Å². The van der Waals surface area contributed by atoms with Gasteiger partial charge in [-0.2, -0.15) is 0 Å². The van der Waals surface area contributed by atoms with E-state index in [4.69, 9.17) is 4.74 Å². The average molecular weight is 300 g/mol. The Kier molecular flexibility index (Phi) is 3.55. The van der Waals surface area contributed by atoms with E-state index in [0.29, 0.717) is 0 Å². The molecule has 1 aromatic rings. The predicted molar refractivity (Wildman–Crippen MR) is 55.1 cm³/mol. The standard InChI is InChI=1S/C7H8Br2OS/c1-4(10-2)7-6(9)5(8)3-11-7/h3-4H,1-2H3/t4-/m1/s1. The molecule has 0 aliphatic carbocycles. The van der Waals surface area contributed by atoms with Gasteiger partial charge in [-0.1, -0.05) is 0 Å². The van der Waals surface area contributed by atoms with Crippen LogP contribution in [0.5, 0.6) is 0 Å². The second-order valence-corrected chi connectivity index (χ2v) is 4.70. The molecule has 0 fully saturated rings. The van der Waals surface area contributed by atoms with E-state index in [-0.39, 0.29) is 6.10 Å². The fourth-order valence-corrected chi connectivity index (χ4v) is 3.06. The van der Waals surface area contributed by atoms with Gasteiger partial charge in [0.25, 0.3) is 0 Å². The van der Waals surface area contributed by atoms with E-state index >= 15 is 0 Å². The van der Waals surface area contributed by atoms with Gasteiger partial charge in [-0.25, -0.2) is 0 Å². The summed E-state index contributed by atoms with van der Waals surface area (Å²) >= 11 is 8.59. The van der Waals surface area contributed by atoms with Crippen molar-refractivity contribution in [1.29, 1.82) is 0 Å². The van der Waals surface area contributed by atoms with Gasteiger partial charge in [0.05, 0.1) is 6.10 Å². The summed E-state index contributed by atoms with van der Waals surface area (Å²) in [5.74, 6) is 0.